The van der Waals surface area contributed by atoms with E-state index in [4.69, 9.17) is 9.47 Å². The van der Waals surface area contributed by atoms with Gasteiger partial charge in [-0.2, -0.15) is 0 Å². The van der Waals surface area contributed by atoms with E-state index < -0.39 is 0 Å². The minimum absolute atomic E-state index is 0.0628. The summed E-state index contributed by atoms with van der Waals surface area (Å²) in [6.07, 6.45) is 3.85. The van der Waals surface area contributed by atoms with Crippen LogP contribution in [0.25, 0.3) is 0 Å². The number of aliphatic imine (C=N–C) groups is 1. The molecule has 1 saturated heterocycles. The normalized spacial score (nSPS) is 19.4. The van der Waals surface area contributed by atoms with Gasteiger partial charge in [0.2, 0.25) is 0 Å². The third-order valence-electron chi connectivity index (χ3n) is 3.99. The van der Waals surface area contributed by atoms with Gasteiger partial charge in [0.25, 0.3) is 0 Å². The molecular weight excluding hydrogens is 290 g/mol. The molecule has 0 bridgehead atoms. The molecule has 2 atom stereocenters. The van der Waals surface area contributed by atoms with Gasteiger partial charge in [0.1, 0.15) is 11.9 Å². The molecule has 128 valence electrons. The monoisotopic (exact) mass is 319 g/mol. The van der Waals surface area contributed by atoms with Crippen molar-refractivity contribution in [3.05, 3.63) is 29.8 Å². The maximum Gasteiger partial charge on any atom is 0.191 e. The van der Waals surface area contributed by atoms with Gasteiger partial charge in [0.15, 0.2) is 5.96 Å². The number of rotatable bonds is 7. The Labute approximate surface area is 139 Å². The highest BCUT2D eigenvalue weighted by atomic mass is 16.5. The predicted molar refractivity (Wildman–Crippen MR) is 94.2 cm³/mol. The van der Waals surface area contributed by atoms with Crippen LogP contribution < -0.4 is 15.4 Å². The van der Waals surface area contributed by atoms with Gasteiger partial charge in [-0.05, 0) is 44.7 Å². The van der Waals surface area contributed by atoms with Gasteiger partial charge in [-0.25, -0.2) is 0 Å². The van der Waals surface area contributed by atoms with Gasteiger partial charge in [0, 0.05) is 20.2 Å². The summed E-state index contributed by atoms with van der Waals surface area (Å²) < 4.78 is 11.6. The first-order chi connectivity index (χ1) is 11.2. The third kappa shape index (κ3) is 6.10. The quantitative estimate of drug-likeness (QED) is 0.599. The maximum absolute atomic E-state index is 5.96. The van der Waals surface area contributed by atoms with Gasteiger partial charge in [-0.1, -0.05) is 18.2 Å². The molecule has 0 spiro atoms. The number of nitrogens with one attached hydrogen (secondary N) is 2. The van der Waals surface area contributed by atoms with E-state index in [-0.39, 0.29) is 6.10 Å². The summed E-state index contributed by atoms with van der Waals surface area (Å²) in [5.41, 5.74) is 1.15. The lowest BCUT2D eigenvalue weighted by molar-refractivity contribution is 0.105. The molecule has 0 amide bonds. The van der Waals surface area contributed by atoms with Crippen molar-refractivity contribution in [2.75, 3.05) is 26.7 Å². The Bertz CT molecular complexity index is 499. The summed E-state index contributed by atoms with van der Waals surface area (Å²) >= 11 is 0. The van der Waals surface area contributed by atoms with E-state index in [0.717, 1.165) is 36.8 Å². The van der Waals surface area contributed by atoms with Crippen molar-refractivity contribution < 1.29 is 9.47 Å². The molecule has 0 aromatic heterocycles. The average Bonchev–Trinajstić information content (AvgIpc) is 3.06. The van der Waals surface area contributed by atoms with Crippen molar-refractivity contribution in [1.29, 1.82) is 0 Å². The lowest BCUT2D eigenvalue weighted by Crippen LogP contribution is -2.42. The molecule has 1 aliphatic heterocycles. The maximum atomic E-state index is 5.96. The van der Waals surface area contributed by atoms with Crippen molar-refractivity contribution in [3.63, 3.8) is 0 Å². The Morgan fingerprint density at radius 3 is 2.91 bits per heavy atom. The number of guanidine groups is 1. The largest absolute Gasteiger partial charge is 0.489 e. The highest BCUT2D eigenvalue weighted by molar-refractivity contribution is 5.79. The van der Waals surface area contributed by atoms with Gasteiger partial charge in [-0.3, -0.25) is 4.99 Å². The molecule has 1 aromatic rings. The van der Waals surface area contributed by atoms with E-state index in [0.29, 0.717) is 12.6 Å². The smallest absolute Gasteiger partial charge is 0.191 e. The van der Waals surface area contributed by atoms with E-state index in [2.05, 4.69) is 35.5 Å². The molecule has 5 nitrogen and oxygen atoms in total. The molecule has 0 aliphatic carbocycles. The number of ether oxygens (including phenoxy) is 2. The molecule has 0 saturated carbocycles. The summed E-state index contributed by atoms with van der Waals surface area (Å²) in [6.45, 7) is 6.59. The molecule has 1 aliphatic rings. The van der Waals surface area contributed by atoms with E-state index >= 15 is 0 Å². The van der Waals surface area contributed by atoms with Crippen LogP contribution in [0.5, 0.6) is 5.75 Å². The van der Waals surface area contributed by atoms with Crippen LogP contribution >= 0.6 is 0 Å². The van der Waals surface area contributed by atoms with Crippen molar-refractivity contribution >= 4 is 5.96 Å². The minimum atomic E-state index is 0.0628. The molecule has 2 N–H and O–H groups in total. The summed E-state index contributed by atoms with van der Waals surface area (Å²) in [5, 5.41) is 6.64. The van der Waals surface area contributed by atoms with Crippen molar-refractivity contribution in [1.82, 2.24) is 10.6 Å². The van der Waals surface area contributed by atoms with Crippen LogP contribution in [0.3, 0.4) is 0 Å². The summed E-state index contributed by atoms with van der Waals surface area (Å²) in [7, 11) is 1.79. The zero-order valence-corrected chi connectivity index (χ0v) is 14.5. The minimum Gasteiger partial charge on any atom is -0.489 e. The van der Waals surface area contributed by atoms with Gasteiger partial charge >= 0.3 is 0 Å². The topological polar surface area (TPSA) is 54.9 Å². The zero-order chi connectivity index (χ0) is 16.5. The Kier molecular flexibility index (Phi) is 7.20. The van der Waals surface area contributed by atoms with E-state index in [9.17, 15) is 0 Å². The van der Waals surface area contributed by atoms with E-state index in [1.807, 2.05) is 18.2 Å². The van der Waals surface area contributed by atoms with Crippen molar-refractivity contribution in [2.45, 2.75) is 45.3 Å². The summed E-state index contributed by atoms with van der Waals surface area (Å²) in [6, 6.07) is 8.07. The molecule has 5 heteroatoms. The Morgan fingerprint density at radius 1 is 1.39 bits per heavy atom. The second-order valence-electron chi connectivity index (χ2n) is 6.00. The second kappa shape index (κ2) is 9.40. The molecule has 2 rings (SSSR count). The summed E-state index contributed by atoms with van der Waals surface area (Å²) in [4.78, 5) is 4.25. The molecule has 0 radical (unpaired) electrons. The van der Waals surface area contributed by atoms with Crippen LogP contribution in [-0.4, -0.2) is 44.9 Å². The molecule has 1 aromatic carbocycles. The van der Waals surface area contributed by atoms with E-state index in [1.54, 1.807) is 7.05 Å². The SMILES string of the molecule is CN=C(NCCC1CCCO1)NCC(C)Oc1ccccc1C. The second-order valence-corrected chi connectivity index (χ2v) is 6.00. The van der Waals surface area contributed by atoms with Crippen LogP contribution in [0.15, 0.2) is 29.3 Å². The standard InChI is InChI=1S/C18H29N3O2/c1-14-7-4-5-9-17(14)23-15(2)13-21-18(19-3)20-11-10-16-8-6-12-22-16/h4-5,7,9,15-16H,6,8,10-13H2,1-3H3,(H2,19,20,21). The first kappa shape index (κ1) is 17.6. The first-order valence-electron chi connectivity index (χ1n) is 8.47. The number of benzene rings is 1. The van der Waals surface area contributed by atoms with Crippen LogP contribution in [0, 0.1) is 6.92 Å². The van der Waals surface area contributed by atoms with Crippen LogP contribution in [-0.2, 0) is 4.74 Å². The average molecular weight is 319 g/mol. The van der Waals surface area contributed by atoms with Crippen LogP contribution in [0.4, 0.5) is 0 Å². The Morgan fingerprint density at radius 2 is 2.22 bits per heavy atom. The highest BCUT2D eigenvalue weighted by Crippen LogP contribution is 2.17. The lowest BCUT2D eigenvalue weighted by Gasteiger charge is -2.19. The fraction of sp³-hybridized carbons (Fsp3) is 0.611. The number of nitrogens with zero attached hydrogens (tertiary/aromatic N) is 1. The molecule has 23 heavy (non-hydrogen) atoms. The number of hydrogen-bond donors (Lipinski definition) is 2. The number of aryl methyl sites for hydroxylation is 1. The number of hydrogen-bond acceptors (Lipinski definition) is 3. The zero-order valence-electron chi connectivity index (χ0n) is 14.5. The molecular formula is C18H29N3O2. The Balaban J connectivity index is 1.67. The molecule has 1 heterocycles. The fourth-order valence-electron chi connectivity index (χ4n) is 2.63. The van der Waals surface area contributed by atoms with Crippen LogP contribution in [0.2, 0.25) is 0 Å². The van der Waals surface area contributed by atoms with Gasteiger partial charge < -0.3 is 20.1 Å². The van der Waals surface area contributed by atoms with Crippen molar-refractivity contribution in [3.8, 4) is 5.75 Å². The van der Waals surface area contributed by atoms with Crippen LogP contribution in [0.1, 0.15) is 31.7 Å². The third-order valence-corrected chi connectivity index (χ3v) is 3.99. The first-order valence-corrected chi connectivity index (χ1v) is 8.47. The summed E-state index contributed by atoms with van der Waals surface area (Å²) in [5.74, 6) is 1.74. The van der Waals surface area contributed by atoms with Gasteiger partial charge in [-0.15, -0.1) is 0 Å². The lowest BCUT2D eigenvalue weighted by atomic mass is 10.2. The molecule has 2 unspecified atom stereocenters. The highest BCUT2D eigenvalue weighted by Gasteiger charge is 2.15. The van der Waals surface area contributed by atoms with Crippen molar-refractivity contribution in [2.24, 2.45) is 4.99 Å². The van der Waals surface area contributed by atoms with Gasteiger partial charge in [0.05, 0.1) is 12.6 Å². The van der Waals surface area contributed by atoms with E-state index in [1.165, 1.54) is 12.8 Å². The predicted octanol–water partition coefficient (Wildman–Crippen LogP) is 2.50. The fourth-order valence-corrected chi connectivity index (χ4v) is 2.63. The number of para-hydroxylation sites is 1. The molecule has 1 fully saturated rings. The Hall–Kier alpha value is -1.75.